The molecule has 0 spiro atoms. The number of carbonyl (C=O) groups is 1. The first-order valence-corrected chi connectivity index (χ1v) is 10.5. The Balaban J connectivity index is 1.75. The van der Waals surface area contributed by atoms with E-state index in [1.54, 1.807) is 6.07 Å². The van der Waals surface area contributed by atoms with Crippen molar-refractivity contribution >= 4 is 28.3 Å². The van der Waals surface area contributed by atoms with Crippen molar-refractivity contribution in [2.45, 2.75) is 19.8 Å². The van der Waals surface area contributed by atoms with Gasteiger partial charge in [0.05, 0.1) is 17.2 Å². The van der Waals surface area contributed by atoms with Gasteiger partial charge in [-0.15, -0.1) is 0 Å². The van der Waals surface area contributed by atoms with Crippen LogP contribution >= 0.6 is 0 Å². The van der Waals surface area contributed by atoms with Gasteiger partial charge in [-0.3, -0.25) is 4.79 Å². The molecular weight excluding hydrogens is 400 g/mol. The molecule has 4 aromatic rings. The second-order valence-electron chi connectivity index (χ2n) is 7.95. The summed E-state index contributed by atoms with van der Waals surface area (Å²) >= 11 is 0. The third-order valence-corrected chi connectivity index (χ3v) is 5.92. The van der Waals surface area contributed by atoms with Crippen LogP contribution < -0.4 is 16.3 Å². The number of amides is 1. The molecule has 0 aliphatic carbocycles. The largest absolute Gasteiger partial charge is 0.422 e. The highest BCUT2D eigenvalue weighted by atomic mass is 16.4. The first-order chi connectivity index (χ1) is 15.5. The zero-order valence-electron chi connectivity index (χ0n) is 17.8. The highest BCUT2D eigenvalue weighted by Gasteiger charge is 2.36. The van der Waals surface area contributed by atoms with Crippen molar-refractivity contribution in [3.8, 4) is 0 Å². The maximum absolute atomic E-state index is 13.5. The van der Waals surface area contributed by atoms with Crippen LogP contribution in [-0.4, -0.2) is 5.91 Å². The Morgan fingerprint density at radius 2 is 1.59 bits per heavy atom. The highest BCUT2D eigenvalue weighted by molar-refractivity contribution is 6.08. The van der Waals surface area contributed by atoms with Crippen LogP contribution in [0.15, 0.2) is 99.3 Å². The molecule has 1 aliphatic heterocycles. The van der Waals surface area contributed by atoms with Gasteiger partial charge in [0.1, 0.15) is 5.58 Å². The van der Waals surface area contributed by atoms with E-state index in [0.717, 1.165) is 16.5 Å². The number of fused-ring (bicyclic) bond motifs is 3. The third-order valence-electron chi connectivity index (χ3n) is 5.92. The molecule has 0 radical (unpaired) electrons. The fraction of sp³-hybridized carbons (Fsp3) is 0.111. The normalized spacial score (nSPS) is 15.2. The van der Waals surface area contributed by atoms with E-state index in [9.17, 15) is 9.59 Å². The van der Waals surface area contributed by atoms with E-state index >= 15 is 0 Å². The molecule has 1 aromatic heterocycles. The predicted octanol–water partition coefficient (Wildman–Crippen LogP) is 5.57. The van der Waals surface area contributed by atoms with E-state index in [4.69, 9.17) is 4.42 Å². The number of hydrogen-bond donors (Lipinski definition) is 2. The summed E-state index contributed by atoms with van der Waals surface area (Å²) in [4.78, 5) is 26.8. The Labute approximate surface area is 185 Å². The average molecular weight is 422 g/mol. The van der Waals surface area contributed by atoms with Crippen molar-refractivity contribution in [3.63, 3.8) is 0 Å². The molecule has 1 unspecified atom stereocenters. The lowest BCUT2D eigenvalue weighted by Gasteiger charge is -2.31. The molecule has 0 fully saturated rings. The van der Waals surface area contributed by atoms with Crippen molar-refractivity contribution in [1.29, 1.82) is 0 Å². The minimum absolute atomic E-state index is 0.257. The lowest BCUT2D eigenvalue weighted by atomic mass is 9.79. The molecule has 32 heavy (non-hydrogen) atoms. The molecule has 5 nitrogen and oxygen atoms in total. The number of hydrogen-bond acceptors (Lipinski definition) is 4. The fourth-order valence-electron chi connectivity index (χ4n) is 4.42. The summed E-state index contributed by atoms with van der Waals surface area (Å²) in [6.45, 7) is 3.86. The minimum Gasteiger partial charge on any atom is -0.422 e. The molecule has 5 heteroatoms. The zero-order chi connectivity index (χ0) is 22.2. The first-order valence-electron chi connectivity index (χ1n) is 10.5. The van der Waals surface area contributed by atoms with Gasteiger partial charge in [-0.05, 0) is 49.2 Å². The van der Waals surface area contributed by atoms with Gasteiger partial charge in [0, 0.05) is 22.3 Å². The topological polar surface area (TPSA) is 71.3 Å². The van der Waals surface area contributed by atoms with Crippen LogP contribution in [0.2, 0.25) is 0 Å². The summed E-state index contributed by atoms with van der Waals surface area (Å²) in [6.07, 6.45) is 0. The lowest BCUT2D eigenvalue weighted by Crippen LogP contribution is -2.31. The molecule has 1 atom stereocenters. The van der Waals surface area contributed by atoms with Gasteiger partial charge >= 0.3 is 5.63 Å². The Morgan fingerprint density at radius 1 is 0.906 bits per heavy atom. The number of carbonyl (C=O) groups excluding carboxylic acids is 1. The van der Waals surface area contributed by atoms with Crippen molar-refractivity contribution < 1.29 is 9.21 Å². The summed E-state index contributed by atoms with van der Waals surface area (Å²) in [5, 5.41) is 7.13. The number of nitrogens with one attached hydrogen (secondary N) is 2. The molecule has 2 heterocycles. The van der Waals surface area contributed by atoms with E-state index in [1.807, 2.05) is 86.6 Å². The van der Waals surface area contributed by atoms with Gasteiger partial charge in [-0.25, -0.2) is 4.79 Å². The van der Waals surface area contributed by atoms with Gasteiger partial charge in [-0.2, -0.15) is 0 Å². The lowest BCUT2D eigenvalue weighted by molar-refractivity contribution is -0.113. The number of allylic oxidation sites excluding steroid dienone is 1. The average Bonchev–Trinajstić information content (AvgIpc) is 2.79. The monoisotopic (exact) mass is 422 g/mol. The maximum atomic E-state index is 13.5. The fourth-order valence-corrected chi connectivity index (χ4v) is 4.42. The molecular formula is C27H22N2O3. The molecule has 3 aromatic carbocycles. The van der Waals surface area contributed by atoms with Crippen LogP contribution in [0.1, 0.15) is 29.5 Å². The zero-order valence-corrected chi connectivity index (χ0v) is 17.8. The van der Waals surface area contributed by atoms with Crippen LogP contribution in [-0.2, 0) is 4.79 Å². The predicted molar refractivity (Wildman–Crippen MR) is 127 cm³/mol. The number of benzene rings is 3. The smallest absolute Gasteiger partial charge is 0.342 e. The summed E-state index contributed by atoms with van der Waals surface area (Å²) < 4.78 is 5.68. The van der Waals surface area contributed by atoms with Crippen molar-refractivity contribution in [1.82, 2.24) is 0 Å². The Hall–Kier alpha value is -4.12. The van der Waals surface area contributed by atoms with E-state index < -0.39 is 11.5 Å². The number of anilines is 2. The first kappa shape index (κ1) is 19.8. The number of rotatable bonds is 3. The van der Waals surface area contributed by atoms with E-state index in [1.165, 1.54) is 0 Å². The van der Waals surface area contributed by atoms with E-state index in [-0.39, 0.29) is 5.91 Å². The molecule has 0 saturated carbocycles. The van der Waals surface area contributed by atoms with Gasteiger partial charge in [0.2, 0.25) is 0 Å². The third kappa shape index (κ3) is 3.28. The SMILES string of the molecule is CC1=C(C(=O)Nc2ccccc2)C(c2ccccc2C)c2c(c3ccccc3oc2=O)N1. The molecule has 0 bridgehead atoms. The van der Waals surface area contributed by atoms with Crippen LogP contribution in [0.25, 0.3) is 11.0 Å². The Kier molecular flexibility index (Phi) is 4.86. The van der Waals surface area contributed by atoms with Crippen LogP contribution in [0.5, 0.6) is 0 Å². The van der Waals surface area contributed by atoms with Crippen LogP contribution in [0.4, 0.5) is 11.4 Å². The van der Waals surface area contributed by atoms with Crippen molar-refractivity contribution in [2.24, 2.45) is 0 Å². The highest BCUT2D eigenvalue weighted by Crippen LogP contribution is 2.44. The van der Waals surface area contributed by atoms with Gasteiger partial charge in [0.15, 0.2) is 0 Å². The molecule has 5 rings (SSSR count). The van der Waals surface area contributed by atoms with E-state index in [0.29, 0.717) is 33.8 Å². The number of aryl methyl sites for hydroxylation is 1. The van der Waals surface area contributed by atoms with E-state index in [2.05, 4.69) is 10.6 Å². The molecule has 2 N–H and O–H groups in total. The maximum Gasteiger partial charge on any atom is 0.342 e. The Bertz CT molecular complexity index is 1430. The van der Waals surface area contributed by atoms with Crippen molar-refractivity contribution in [3.05, 3.63) is 117 Å². The van der Waals surface area contributed by atoms with Gasteiger partial charge in [-0.1, -0.05) is 54.6 Å². The van der Waals surface area contributed by atoms with Crippen LogP contribution in [0, 0.1) is 6.92 Å². The van der Waals surface area contributed by atoms with Gasteiger partial charge in [0.25, 0.3) is 5.91 Å². The van der Waals surface area contributed by atoms with Crippen molar-refractivity contribution in [2.75, 3.05) is 10.6 Å². The molecule has 0 saturated heterocycles. The summed E-state index contributed by atoms with van der Waals surface area (Å²) in [5.41, 5.74) is 4.99. The number of para-hydroxylation sites is 2. The van der Waals surface area contributed by atoms with Gasteiger partial charge < -0.3 is 15.1 Å². The standard InChI is InChI=1S/C27H22N2O3/c1-16-10-6-7-13-19(16)23-22(26(30)29-18-11-4-3-5-12-18)17(2)28-25-20-14-8-9-15-21(20)32-27(31)24(23)25/h3-15,23,28H,1-2H3,(H,29,30). The summed E-state index contributed by atoms with van der Waals surface area (Å²) in [7, 11) is 0. The molecule has 158 valence electrons. The summed E-state index contributed by atoms with van der Waals surface area (Å²) in [6, 6.07) is 24.6. The summed E-state index contributed by atoms with van der Waals surface area (Å²) in [5.74, 6) is -0.815. The minimum atomic E-state index is -0.558. The molecule has 1 amide bonds. The van der Waals surface area contributed by atoms with Crippen LogP contribution in [0.3, 0.4) is 0 Å². The second kappa shape index (κ2) is 7.85. The Morgan fingerprint density at radius 3 is 2.38 bits per heavy atom. The molecule has 1 aliphatic rings. The second-order valence-corrected chi connectivity index (χ2v) is 7.95. The quantitative estimate of drug-likeness (QED) is 0.423.